The van der Waals surface area contributed by atoms with Gasteiger partial charge in [-0.3, -0.25) is 9.62 Å². The smallest absolute Gasteiger partial charge is 0.414 e. The first kappa shape index (κ1) is 20.1. The Bertz CT molecular complexity index is 1000. The molecule has 0 saturated heterocycles. The van der Waals surface area contributed by atoms with Crippen LogP contribution in [0, 0.1) is 18.6 Å². The molecule has 0 atom stereocenters. The number of nitrogens with one attached hydrogen (secondary N) is 1. The Morgan fingerprint density at radius 1 is 1.18 bits per heavy atom. The first-order valence-electron chi connectivity index (χ1n) is 8.72. The predicted molar refractivity (Wildman–Crippen MR) is 102 cm³/mol. The standard InChI is InChI=1S/C19H20F2N2O4S/c1-3-6-23-18-5-4-15(9-14(18)10-27-19(23)24)22-28(25,26)11-13-7-16(20)12(2)17(21)8-13/h4-5,7-9,22H,3,6,10-11H2,1-2H3. The normalized spacial score (nSPS) is 13.9. The maximum absolute atomic E-state index is 13.7. The molecule has 150 valence electrons. The van der Waals surface area contributed by atoms with Crippen LogP contribution in [-0.2, 0) is 27.1 Å². The minimum Gasteiger partial charge on any atom is -0.444 e. The number of carbonyl (C=O) groups is 1. The van der Waals surface area contributed by atoms with Gasteiger partial charge in [0.05, 0.1) is 11.4 Å². The Hall–Kier alpha value is -2.68. The molecule has 0 aliphatic carbocycles. The zero-order chi connectivity index (χ0) is 20.5. The molecule has 1 aliphatic rings. The number of amides is 1. The van der Waals surface area contributed by atoms with E-state index in [0.29, 0.717) is 17.8 Å². The van der Waals surface area contributed by atoms with Crippen molar-refractivity contribution in [3.05, 3.63) is 58.7 Å². The summed E-state index contributed by atoms with van der Waals surface area (Å²) in [6.07, 6.45) is 0.304. The lowest BCUT2D eigenvalue weighted by Crippen LogP contribution is -2.36. The molecule has 2 aromatic carbocycles. The summed E-state index contributed by atoms with van der Waals surface area (Å²) in [5.74, 6) is -2.16. The lowest BCUT2D eigenvalue weighted by Gasteiger charge is -2.29. The van der Waals surface area contributed by atoms with Gasteiger partial charge in [-0.1, -0.05) is 6.92 Å². The van der Waals surface area contributed by atoms with Crippen molar-refractivity contribution < 1.29 is 26.7 Å². The maximum Gasteiger partial charge on any atom is 0.414 e. The Morgan fingerprint density at radius 2 is 1.86 bits per heavy atom. The molecule has 1 heterocycles. The van der Waals surface area contributed by atoms with Crippen LogP contribution in [0.1, 0.15) is 30.0 Å². The quantitative estimate of drug-likeness (QED) is 0.779. The van der Waals surface area contributed by atoms with Gasteiger partial charge in [-0.25, -0.2) is 22.0 Å². The Morgan fingerprint density at radius 3 is 2.50 bits per heavy atom. The first-order valence-corrected chi connectivity index (χ1v) is 10.4. The summed E-state index contributed by atoms with van der Waals surface area (Å²) in [6, 6.07) is 6.78. The fourth-order valence-corrected chi connectivity index (χ4v) is 4.16. The van der Waals surface area contributed by atoms with Gasteiger partial charge in [-0.05, 0) is 49.2 Å². The second kappa shape index (κ2) is 7.75. The molecule has 9 heteroatoms. The van der Waals surface area contributed by atoms with E-state index in [9.17, 15) is 22.0 Å². The molecule has 1 N–H and O–H groups in total. The van der Waals surface area contributed by atoms with Gasteiger partial charge < -0.3 is 4.74 Å². The number of halogens is 2. The second-order valence-corrected chi connectivity index (χ2v) is 8.32. The third-order valence-electron chi connectivity index (χ3n) is 4.36. The van der Waals surface area contributed by atoms with Crippen molar-refractivity contribution in [2.75, 3.05) is 16.2 Å². The number of hydrogen-bond donors (Lipinski definition) is 1. The molecule has 1 aliphatic heterocycles. The number of rotatable bonds is 6. The number of hydrogen-bond acceptors (Lipinski definition) is 4. The van der Waals surface area contributed by atoms with E-state index in [1.54, 1.807) is 12.1 Å². The third kappa shape index (κ3) is 4.24. The molecule has 0 fully saturated rings. The zero-order valence-corrected chi connectivity index (χ0v) is 16.3. The summed E-state index contributed by atoms with van der Waals surface area (Å²) in [5.41, 5.74) is 1.47. The van der Waals surface area contributed by atoms with Crippen LogP contribution in [-0.4, -0.2) is 21.1 Å². The molecule has 6 nitrogen and oxygen atoms in total. The highest BCUT2D eigenvalue weighted by atomic mass is 32.2. The Labute approximate surface area is 162 Å². The number of cyclic esters (lactones) is 1. The highest BCUT2D eigenvalue weighted by molar-refractivity contribution is 7.91. The number of benzene rings is 2. The zero-order valence-electron chi connectivity index (χ0n) is 15.5. The van der Waals surface area contributed by atoms with Gasteiger partial charge in [0.25, 0.3) is 0 Å². The number of sulfonamides is 1. The van der Waals surface area contributed by atoms with Crippen LogP contribution in [0.2, 0.25) is 0 Å². The van der Waals surface area contributed by atoms with E-state index < -0.39 is 33.5 Å². The average molecular weight is 410 g/mol. The Balaban J connectivity index is 1.81. The van der Waals surface area contributed by atoms with Crippen LogP contribution >= 0.6 is 0 Å². The number of nitrogens with zero attached hydrogens (tertiary/aromatic N) is 1. The number of ether oxygens (including phenoxy) is 1. The minimum atomic E-state index is -3.90. The van der Waals surface area contributed by atoms with Crippen molar-refractivity contribution >= 4 is 27.5 Å². The van der Waals surface area contributed by atoms with Crippen LogP contribution in [0.25, 0.3) is 0 Å². The fraction of sp³-hybridized carbons (Fsp3) is 0.316. The van der Waals surface area contributed by atoms with Crippen LogP contribution in [0.15, 0.2) is 30.3 Å². The van der Waals surface area contributed by atoms with Crippen molar-refractivity contribution in [3.63, 3.8) is 0 Å². The average Bonchev–Trinajstić information content (AvgIpc) is 2.61. The lowest BCUT2D eigenvalue weighted by molar-refractivity contribution is 0.142. The maximum atomic E-state index is 13.7. The van der Waals surface area contributed by atoms with Crippen LogP contribution < -0.4 is 9.62 Å². The molecule has 2 aromatic rings. The van der Waals surface area contributed by atoms with Crippen LogP contribution in [0.3, 0.4) is 0 Å². The van der Waals surface area contributed by atoms with Gasteiger partial charge in [0.15, 0.2) is 0 Å². The summed E-state index contributed by atoms with van der Waals surface area (Å²) in [6.45, 7) is 3.74. The molecule has 0 spiro atoms. The predicted octanol–water partition coefficient (Wildman–Crippen LogP) is 4.08. The van der Waals surface area contributed by atoms with E-state index >= 15 is 0 Å². The molecule has 0 radical (unpaired) electrons. The molecule has 0 saturated carbocycles. The summed E-state index contributed by atoms with van der Waals surface area (Å²) in [5, 5.41) is 0. The van der Waals surface area contributed by atoms with E-state index in [1.165, 1.54) is 17.9 Å². The third-order valence-corrected chi connectivity index (χ3v) is 5.62. The Kier molecular flexibility index (Phi) is 5.55. The monoisotopic (exact) mass is 410 g/mol. The molecule has 0 bridgehead atoms. The van der Waals surface area contributed by atoms with Crippen molar-refractivity contribution in [3.8, 4) is 0 Å². The van der Waals surface area contributed by atoms with Crippen molar-refractivity contribution in [2.24, 2.45) is 0 Å². The molecule has 0 aromatic heterocycles. The minimum absolute atomic E-state index is 0.00844. The molecule has 0 unspecified atom stereocenters. The number of fused-ring (bicyclic) bond motifs is 1. The first-order chi connectivity index (χ1) is 13.2. The molecular formula is C19H20F2N2O4S. The van der Waals surface area contributed by atoms with Crippen LogP contribution in [0.5, 0.6) is 0 Å². The summed E-state index contributed by atoms with van der Waals surface area (Å²) < 4.78 is 59.7. The van der Waals surface area contributed by atoms with Crippen molar-refractivity contribution in [1.82, 2.24) is 0 Å². The van der Waals surface area contributed by atoms with E-state index in [4.69, 9.17) is 4.74 Å². The summed E-state index contributed by atoms with van der Waals surface area (Å²) >= 11 is 0. The van der Waals surface area contributed by atoms with E-state index in [2.05, 4.69) is 4.72 Å². The molecular weight excluding hydrogens is 390 g/mol. The fourth-order valence-electron chi connectivity index (χ4n) is 3.00. The number of anilines is 2. The van der Waals surface area contributed by atoms with Gasteiger partial charge in [-0.2, -0.15) is 0 Å². The van der Waals surface area contributed by atoms with Gasteiger partial charge in [0.1, 0.15) is 18.2 Å². The van der Waals surface area contributed by atoms with E-state index in [-0.39, 0.29) is 23.4 Å². The summed E-state index contributed by atoms with van der Waals surface area (Å²) in [4.78, 5) is 13.4. The van der Waals surface area contributed by atoms with Crippen molar-refractivity contribution in [2.45, 2.75) is 32.6 Å². The van der Waals surface area contributed by atoms with Gasteiger partial charge in [-0.15, -0.1) is 0 Å². The SMILES string of the molecule is CCCN1C(=O)OCc2cc(NS(=O)(=O)Cc3cc(F)c(C)c(F)c3)ccc21. The van der Waals surface area contributed by atoms with E-state index in [0.717, 1.165) is 18.6 Å². The summed E-state index contributed by atoms with van der Waals surface area (Å²) in [7, 11) is -3.90. The van der Waals surface area contributed by atoms with Crippen LogP contribution in [0.4, 0.5) is 25.0 Å². The highest BCUT2D eigenvalue weighted by Gasteiger charge is 2.25. The van der Waals surface area contributed by atoms with Crippen molar-refractivity contribution in [1.29, 1.82) is 0 Å². The molecule has 1 amide bonds. The van der Waals surface area contributed by atoms with Gasteiger partial charge in [0, 0.05) is 23.4 Å². The van der Waals surface area contributed by atoms with Gasteiger partial charge in [0.2, 0.25) is 10.0 Å². The van der Waals surface area contributed by atoms with Gasteiger partial charge >= 0.3 is 6.09 Å². The molecule has 3 rings (SSSR count). The largest absolute Gasteiger partial charge is 0.444 e. The lowest BCUT2D eigenvalue weighted by atomic mass is 10.1. The highest BCUT2D eigenvalue weighted by Crippen LogP contribution is 2.30. The second-order valence-electron chi connectivity index (χ2n) is 6.60. The molecule has 28 heavy (non-hydrogen) atoms. The van der Waals surface area contributed by atoms with E-state index in [1.807, 2.05) is 6.92 Å². The topological polar surface area (TPSA) is 75.7 Å². The number of carbonyl (C=O) groups excluding carboxylic acids is 1.